The fraction of sp³-hybridized carbons (Fsp3) is 0.227. The van der Waals surface area contributed by atoms with Gasteiger partial charge in [-0.3, -0.25) is 4.79 Å². The molecule has 0 fully saturated rings. The fourth-order valence-corrected chi connectivity index (χ4v) is 3.60. The zero-order valence-corrected chi connectivity index (χ0v) is 14.7. The summed E-state index contributed by atoms with van der Waals surface area (Å²) in [5.74, 6) is -0.0161. The number of benzene rings is 2. The first-order valence-electron chi connectivity index (χ1n) is 9.09. The highest BCUT2D eigenvalue weighted by Gasteiger charge is 2.20. The lowest BCUT2D eigenvalue weighted by Gasteiger charge is -2.18. The van der Waals surface area contributed by atoms with Gasteiger partial charge in [-0.05, 0) is 48.6 Å². The predicted molar refractivity (Wildman–Crippen MR) is 107 cm³/mol. The number of aryl methyl sites for hydroxylation is 1. The molecule has 132 valence electrons. The van der Waals surface area contributed by atoms with Crippen molar-refractivity contribution in [3.63, 3.8) is 0 Å². The number of carbonyl (C=O) groups is 1. The zero-order chi connectivity index (χ0) is 17.9. The van der Waals surface area contributed by atoms with E-state index in [-0.39, 0.29) is 11.9 Å². The first-order chi connectivity index (χ1) is 12.7. The number of fused-ring (bicyclic) bond motifs is 3. The number of aromatic amines is 1. The SMILES string of the molecule is NC1CCc2[nH]c3ccc(NC(=O)CC=Cc4ccccc4)cc3c2C1. The average Bonchev–Trinajstić information content (AvgIpc) is 3.00. The van der Waals surface area contributed by atoms with E-state index in [0.29, 0.717) is 6.42 Å². The van der Waals surface area contributed by atoms with Crippen LogP contribution >= 0.6 is 0 Å². The van der Waals surface area contributed by atoms with Crippen LogP contribution in [0.1, 0.15) is 29.7 Å². The maximum absolute atomic E-state index is 12.2. The van der Waals surface area contributed by atoms with E-state index in [1.165, 1.54) is 16.6 Å². The zero-order valence-electron chi connectivity index (χ0n) is 14.7. The number of hydrogen-bond acceptors (Lipinski definition) is 2. The summed E-state index contributed by atoms with van der Waals surface area (Å²) in [5.41, 5.74) is 11.8. The minimum atomic E-state index is -0.0161. The molecule has 4 rings (SSSR count). The van der Waals surface area contributed by atoms with Crippen LogP contribution in [-0.4, -0.2) is 16.9 Å². The van der Waals surface area contributed by atoms with E-state index in [9.17, 15) is 4.79 Å². The van der Waals surface area contributed by atoms with Gasteiger partial charge in [0.25, 0.3) is 0 Å². The molecule has 1 unspecified atom stereocenters. The van der Waals surface area contributed by atoms with Gasteiger partial charge in [-0.25, -0.2) is 0 Å². The van der Waals surface area contributed by atoms with Gasteiger partial charge >= 0.3 is 0 Å². The lowest BCUT2D eigenvalue weighted by atomic mass is 9.92. The molecular formula is C22H23N3O. The first-order valence-corrected chi connectivity index (χ1v) is 9.09. The summed E-state index contributed by atoms with van der Waals surface area (Å²) in [5, 5.41) is 4.17. The van der Waals surface area contributed by atoms with Crippen LogP contribution in [0.15, 0.2) is 54.6 Å². The van der Waals surface area contributed by atoms with E-state index < -0.39 is 0 Å². The Kier molecular flexibility index (Phi) is 4.59. The van der Waals surface area contributed by atoms with E-state index in [1.54, 1.807) is 0 Å². The second-order valence-corrected chi connectivity index (χ2v) is 6.91. The Morgan fingerprint density at radius 2 is 2.08 bits per heavy atom. The number of carbonyl (C=O) groups excluding carboxylic acids is 1. The van der Waals surface area contributed by atoms with Gasteiger partial charge in [-0.2, -0.15) is 0 Å². The molecule has 1 amide bonds. The van der Waals surface area contributed by atoms with Crippen LogP contribution in [0, 0.1) is 0 Å². The van der Waals surface area contributed by atoms with Gasteiger partial charge in [0.15, 0.2) is 0 Å². The van der Waals surface area contributed by atoms with Crippen molar-refractivity contribution in [3.05, 3.63) is 71.4 Å². The van der Waals surface area contributed by atoms with Crippen molar-refractivity contribution in [3.8, 4) is 0 Å². The van der Waals surface area contributed by atoms with Crippen LogP contribution in [0.3, 0.4) is 0 Å². The molecule has 3 aromatic rings. The van der Waals surface area contributed by atoms with Crippen LogP contribution in [0.4, 0.5) is 5.69 Å². The van der Waals surface area contributed by atoms with Crippen molar-refractivity contribution in [2.24, 2.45) is 5.73 Å². The fourth-order valence-electron chi connectivity index (χ4n) is 3.60. The summed E-state index contributed by atoms with van der Waals surface area (Å²) >= 11 is 0. The minimum absolute atomic E-state index is 0.0161. The molecule has 1 atom stereocenters. The van der Waals surface area contributed by atoms with E-state index in [2.05, 4.69) is 16.4 Å². The molecule has 0 saturated carbocycles. The van der Waals surface area contributed by atoms with Crippen molar-refractivity contribution in [2.45, 2.75) is 31.7 Å². The van der Waals surface area contributed by atoms with Crippen molar-refractivity contribution in [1.82, 2.24) is 4.98 Å². The molecular weight excluding hydrogens is 322 g/mol. The molecule has 1 aromatic heterocycles. The van der Waals surface area contributed by atoms with Gasteiger partial charge in [0.1, 0.15) is 0 Å². The Morgan fingerprint density at radius 3 is 2.92 bits per heavy atom. The van der Waals surface area contributed by atoms with Gasteiger partial charge < -0.3 is 16.0 Å². The Balaban J connectivity index is 1.46. The molecule has 2 aromatic carbocycles. The summed E-state index contributed by atoms with van der Waals surface area (Å²) in [6.07, 6.45) is 7.12. The molecule has 1 aliphatic rings. The normalized spacial score (nSPS) is 16.7. The van der Waals surface area contributed by atoms with E-state index >= 15 is 0 Å². The van der Waals surface area contributed by atoms with Gasteiger partial charge in [0.05, 0.1) is 0 Å². The Morgan fingerprint density at radius 1 is 1.23 bits per heavy atom. The molecule has 0 saturated heterocycles. The van der Waals surface area contributed by atoms with E-state index in [4.69, 9.17) is 5.73 Å². The minimum Gasteiger partial charge on any atom is -0.358 e. The number of amides is 1. The number of nitrogens with two attached hydrogens (primary N) is 1. The molecule has 4 heteroatoms. The Hall–Kier alpha value is -2.85. The molecule has 4 nitrogen and oxygen atoms in total. The second kappa shape index (κ2) is 7.18. The Bertz CT molecular complexity index is 956. The lowest BCUT2D eigenvalue weighted by molar-refractivity contribution is -0.115. The largest absolute Gasteiger partial charge is 0.358 e. The summed E-state index contributed by atoms with van der Waals surface area (Å²) < 4.78 is 0. The highest BCUT2D eigenvalue weighted by Crippen LogP contribution is 2.30. The van der Waals surface area contributed by atoms with E-state index in [1.807, 2.05) is 54.6 Å². The van der Waals surface area contributed by atoms with Crippen LogP contribution < -0.4 is 11.1 Å². The smallest absolute Gasteiger partial charge is 0.228 e. The van der Waals surface area contributed by atoms with Crippen LogP contribution in [0.25, 0.3) is 17.0 Å². The molecule has 4 N–H and O–H groups in total. The number of nitrogens with one attached hydrogen (secondary N) is 2. The molecule has 26 heavy (non-hydrogen) atoms. The third-order valence-electron chi connectivity index (χ3n) is 4.92. The summed E-state index contributed by atoms with van der Waals surface area (Å²) in [7, 11) is 0. The number of H-pyrrole nitrogens is 1. The number of rotatable bonds is 4. The molecule has 0 spiro atoms. The molecule has 1 heterocycles. The summed E-state index contributed by atoms with van der Waals surface area (Å²) in [6, 6.07) is 16.2. The second-order valence-electron chi connectivity index (χ2n) is 6.91. The third-order valence-corrected chi connectivity index (χ3v) is 4.92. The highest BCUT2D eigenvalue weighted by molar-refractivity contribution is 5.96. The van der Waals surface area contributed by atoms with Crippen LogP contribution in [0.2, 0.25) is 0 Å². The van der Waals surface area contributed by atoms with Crippen LogP contribution in [0.5, 0.6) is 0 Å². The van der Waals surface area contributed by atoms with Gasteiger partial charge in [-0.1, -0.05) is 42.5 Å². The molecule has 0 bridgehead atoms. The molecule has 1 aliphatic carbocycles. The molecule has 0 radical (unpaired) electrons. The van der Waals surface area contributed by atoms with Gasteiger partial charge in [-0.15, -0.1) is 0 Å². The monoisotopic (exact) mass is 345 g/mol. The quantitative estimate of drug-likeness (QED) is 0.668. The third kappa shape index (κ3) is 3.55. The average molecular weight is 345 g/mol. The van der Waals surface area contributed by atoms with E-state index in [0.717, 1.165) is 36.0 Å². The highest BCUT2D eigenvalue weighted by atomic mass is 16.1. The van der Waals surface area contributed by atoms with Crippen molar-refractivity contribution < 1.29 is 4.79 Å². The maximum atomic E-state index is 12.2. The number of anilines is 1. The number of aromatic nitrogens is 1. The standard InChI is InChI=1S/C22H23N3O/c23-16-9-11-20-18(13-16)19-14-17(10-12-21(19)25-20)24-22(26)8-4-7-15-5-2-1-3-6-15/h1-7,10,12,14,16,25H,8-9,11,13,23H2,(H,24,26). The summed E-state index contributed by atoms with van der Waals surface area (Å²) in [6.45, 7) is 0. The predicted octanol–water partition coefficient (Wildman–Crippen LogP) is 4.03. The Labute approximate surface area is 153 Å². The maximum Gasteiger partial charge on any atom is 0.228 e. The van der Waals surface area contributed by atoms with Crippen molar-refractivity contribution in [1.29, 1.82) is 0 Å². The van der Waals surface area contributed by atoms with Gasteiger partial charge in [0, 0.05) is 34.7 Å². The molecule has 0 aliphatic heterocycles. The van der Waals surface area contributed by atoms with Gasteiger partial charge in [0.2, 0.25) is 5.91 Å². The summed E-state index contributed by atoms with van der Waals surface area (Å²) in [4.78, 5) is 15.7. The van der Waals surface area contributed by atoms with Crippen LogP contribution in [-0.2, 0) is 17.6 Å². The number of hydrogen-bond donors (Lipinski definition) is 3. The van der Waals surface area contributed by atoms with Crippen molar-refractivity contribution in [2.75, 3.05) is 5.32 Å². The van der Waals surface area contributed by atoms with Crippen molar-refractivity contribution >= 4 is 28.6 Å². The topological polar surface area (TPSA) is 70.9 Å². The first kappa shape index (κ1) is 16.6. The lowest BCUT2D eigenvalue weighted by Crippen LogP contribution is -2.27.